The van der Waals surface area contributed by atoms with Crippen molar-refractivity contribution in [2.24, 2.45) is 5.73 Å². The Morgan fingerprint density at radius 3 is 2.81 bits per heavy atom. The predicted octanol–water partition coefficient (Wildman–Crippen LogP) is 2.05. The lowest BCUT2D eigenvalue weighted by Gasteiger charge is -2.38. The lowest BCUT2D eigenvalue weighted by Crippen LogP contribution is -2.50. The minimum absolute atomic E-state index is 0.266. The predicted molar refractivity (Wildman–Crippen MR) is 104 cm³/mol. The normalized spacial score (nSPS) is 20.0. The number of primary amides is 1. The first-order valence-corrected chi connectivity index (χ1v) is 9.54. The molecule has 1 fully saturated rings. The molecule has 140 valence electrons. The van der Waals surface area contributed by atoms with Gasteiger partial charge in [-0.05, 0) is 44.4 Å². The van der Waals surface area contributed by atoms with Crippen LogP contribution >= 0.6 is 11.5 Å². The van der Waals surface area contributed by atoms with Crippen molar-refractivity contribution in [2.75, 3.05) is 24.3 Å². The van der Waals surface area contributed by atoms with E-state index in [2.05, 4.69) is 29.9 Å². The molecule has 1 aliphatic carbocycles. The van der Waals surface area contributed by atoms with Gasteiger partial charge in [-0.1, -0.05) is 12.8 Å². The largest absolute Gasteiger partial charge is 0.365 e. The highest BCUT2D eigenvalue weighted by atomic mass is 32.1. The average molecular weight is 376 g/mol. The lowest BCUT2D eigenvalue weighted by atomic mass is 9.89. The molecule has 1 saturated carbocycles. The number of anilines is 3. The van der Waals surface area contributed by atoms with Gasteiger partial charge in [0.1, 0.15) is 16.4 Å². The van der Waals surface area contributed by atoms with E-state index in [0.717, 1.165) is 23.5 Å². The number of hydrogen-bond acceptors (Lipinski definition) is 8. The number of carbonyl (C=O) groups excluding carboxylic acids is 1. The number of carbonyl (C=O) groups is 1. The van der Waals surface area contributed by atoms with Crippen molar-refractivity contribution in [1.29, 1.82) is 0 Å². The van der Waals surface area contributed by atoms with Gasteiger partial charge in [0.25, 0.3) is 5.91 Å². The summed E-state index contributed by atoms with van der Waals surface area (Å²) < 4.78 is 4.24. The van der Waals surface area contributed by atoms with E-state index in [1.54, 1.807) is 0 Å². The van der Waals surface area contributed by atoms with Gasteiger partial charge in [-0.25, -0.2) is 4.98 Å². The van der Waals surface area contributed by atoms with Gasteiger partial charge in [0, 0.05) is 25.3 Å². The number of nitrogens with one attached hydrogen (secondary N) is 2. The van der Waals surface area contributed by atoms with E-state index in [-0.39, 0.29) is 5.56 Å². The van der Waals surface area contributed by atoms with Crippen LogP contribution in [0.3, 0.4) is 0 Å². The molecule has 3 rings (SSSR count). The molecule has 0 spiro atoms. The summed E-state index contributed by atoms with van der Waals surface area (Å²) in [4.78, 5) is 22.8. The number of amides is 1. The topological polar surface area (TPSA) is 109 Å². The molecule has 0 bridgehead atoms. The third-order valence-corrected chi connectivity index (χ3v) is 5.62. The minimum Gasteiger partial charge on any atom is -0.365 e. The Labute approximate surface area is 157 Å². The Bertz CT molecular complexity index is 778. The fraction of sp³-hybridized carbons (Fsp3) is 0.529. The molecule has 8 nitrogen and oxygen atoms in total. The highest BCUT2D eigenvalue weighted by Crippen LogP contribution is 2.27. The van der Waals surface area contributed by atoms with E-state index in [0.29, 0.717) is 23.8 Å². The van der Waals surface area contributed by atoms with Crippen LogP contribution in [0.15, 0.2) is 12.3 Å². The number of nitrogens with zero attached hydrogens (tertiary/aromatic N) is 4. The van der Waals surface area contributed by atoms with Gasteiger partial charge in [0.15, 0.2) is 0 Å². The summed E-state index contributed by atoms with van der Waals surface area (Å²) in [6.45, 7) is 1.91. The van der Waals surface area contributed by atoms with E-state index in [1.165, 1.54) is 30.6 Å². The summed E-state index contributed by atoms with van der Waals surface area (Å²) in [5.74, 6) is 0.425. The Balaban J connectivity index is 1.90. The fourth-order valence-electron chi connectivity index (χ4n) is 3.42. The fourth-order valence-corrected chi connectivity index (χ4v) is 4.08. The zero-order valence-electron chi connectivity index (χ0n) is 15.3. The third kappa shape index (κ3) is 3.94. The highest BCUT2D eigenvalue weighted by molar-refractivity contribution is 7.10. The number of rotatable bonds is 6. The maximum atomic E-state index is 11.8. The molecule has 2 aromatic heterocycles. The van der Waals surface area contributed by atoms with Crippen molar-refractivity contribution in [3.63, 3.8) is 0 Å². The molecule has 0 saturated heterocycles. The van der Waals surface area contributed by atoms with Crippen LogP contribution in [0.5, 0.6) is 0 Å². The standard InChI is InChI=1S/C17H25N7OS/c1-10-8-14(26-23-10)21-16-11(15(18)25)9-20-17(22-16)24(3)13-7-5-4-6-12(13)19-2/h8-9,12-13,19H,4-7H2,1-3H3,(H2,18,25)(H,20,21,22). The minimum atomic E-state index is -0.561. The monoisotopic (exact) mass is 375 g/mol. The molecule has 26 heavy (non-hydrogen) atoms. The quantitative estimate of drug-likeness (QED) is 0.709. The number of likely N-dealkylation sites (N-methyl/N-ethyl adjacent to an activating group) is 2. The van der Waals surface area contributed by atoms with Crippen molar-refractivity contribution in [3.05, 3.63) is 23.5 Å². The van der Waals surface area contributed by atoms with Gasteiger partial charge < -0.3 is 21.3 Å². The highest BCUT2D eigenvalue weighted by Gasteiger charge is 2.29. The third-order valence-electron chi connectivity index (χ3n) is 4.82. The van der Waals surface area contributed by atoms with Crippen LogP contribution in [0.4, 0.5) is 16.8 Å². The SMILES string of the molecule is CNC1CCCCC1N(C)c1ncc(C(N)=O)c(Nc2cc(C)ns2)n1. The van der Waals surface area contributed by atoms with E-state index in [9.17, 15) is 4.79 Å². The van der Waals surface area contributed by atoms with E-state index in [1.807, 2.05) is 27.1 Å². The maximum Gasteiger partial charge on any atom is 0.254 e. The van der Waals surface area contributed by atoms with Gasteiger partial charge in [0.05, 0.1) is 5.69 Å². The molecule has 2 aromatic rings. The van der Waals surface area contributed by atoms with Crippen molar-refractivity contribution in [2.45, 2.75) is 44.7 Å². The lowest BCUT2D eigenvalue weighted by molar-refractivity contribution is 0.100. The molecule has 4 N–H and O–H groups in total. The van der Waals surface area contributed by atoms with E-state index < -0.39 is 5.91 Å². The van der Waals surface area contributed by atoms with Gasteiger partial charge in [-0.2, -0.15) is 9.36 Å². The molecular formula is C17H25N7OS. The molecule has 2 heterocycles. The Hall–Kier alpha value is -2.26. The smallest absolute Gasteiger partial charge is 0.254 e. The molecule has 2 atom stereocenters. The van der Waals surface area contributed by atoms with E-state index in [4.69, 9.17) is 5.73 Å². The molecule has 0 aliphatic heterocycles. The Kier molecular flexibility index (Phi) is 5.67. The number of nitrogens with two attached hydrogens (primary N) is 1. The summed E-state index contributed by atoms with van der Waals surface area (Å²) in [6, 6.07) is 2.61. The first-order valence-electron chi connectivity index (χ1n) is 8.77. The summed E-state index contributed by atoms with van der Waals surface area (Å²) in [5, 5.41) is 7.37. The first kappa shape index (κ1) is 18.5. The van der Waals surface area contributed by atoms with Crippen LogP contribution in [0.2, 0.25) is 0 Å². The van der Waals surface area contributed by atoms with Crippen molar-refractivity contribution >= 4 is 34.2 Å². The second-order valence-electron chi connectivity index (χ2n) is 6.61. The molecule has 1 aliphatic rings. The summed E-state index contributed by atoms with van der Waals surface area (Å²) in [6.07, 6.45) is 6.14. The number of hydrogen-bond donors (Lipinski definition) is 3. The van der Waals surface area contributed by atoms with Crippen LogP contribution < -0.4 is 21.3 Å². The second-order valence-corrected chi connectivity index (χ2v) is 7.42. The summed E-state index contributed by atoms with van der Waals surface area (Å²) in [7, 11) is 3.99. The van der Waals surface area contributed by atoms with Crippen LogP contribution in [0, 0.1) is 6.92 Å². The summed E-state index contributed by atoms with van der Waals surface area (Å²) >= 11 is 1.31. The van der Waals surface area contributed by atoms with Crippen LogP contribution in [0.25, 0.3) is 0 Å². The van der Waals surface area contributed by atoms with Gasteiger partial charge in [0.2, 0.25) is 5.95 Å². The van der Waals surface area contributed by atoms with Crippen molar-refractivity contribution < 1.29 is 4.79 Å². The Morgan fingerprint density at radius 1 is 1.38 bits per heavy atom. The molecular weight excluding hydrogens is 350 g/mol. The average Bonchev–Trinajstić information content (AvgIpc) is 3.05. The first-order chi connectivity index (χ1) is 12.5. The zero-order valence-corrected chi connectivity index (χ0v) is 16.1. The van der Waals surface area contributed by atoms with E-state index >= 15 is 0 Å². The second kappa shape index (κ2) is 7.96. The maximum absolute atomic E-state index is 11.8. The molecule has 9 heteroatoms. The van der Waals surface area contributed by atoms with Gasteiger partial charge in [-0.15, -0.1) is 0 Å². The van der Waals surface area contributed by atoms with Gasteiger partial charge >= 0.3 is 0 Å². The molecule has 0 aromatic carbocycles. The molecule has 0 radical (unpaired) electrons. The van der Waals surface area contributed by atoms with Crippen molar-refractivity contribution in [1.82, 2.24) is 19.7 Å². The molecule has 1 amide bonds. The summed E-state index contributed by atoms with van der Waals surface area (Å²) in [5.41, 5.74) is 6.66. The van der Waals surface area contributed by atoms with Crippen LogP contribution in [-0.2, 0) is 0 Å². The van der Waals surface area contributed by atoms with Crippen molar-refractivity contribution in [3.8, 4) is 0 Å². The van der Waals surface area contributed by atoms with Gasteiger partial charge in [-0.3, -0.25) is 4.79 Å². The zero-order chi connectivity index (χ0) is 18.7. The van der Waals surface area contributed by atoms with Crippen LogP contribution in [0.1, 0.15) is 41.7 Å². The number of aryl methyl sites for hydroxylation is 1. The van der Waals surface area contributed by atoms with Crippen LogP contribution in [-0.4, -0.2) is 46.4 Å². The molecule has 2 unspecified atom stereocenters. The Morgan fingerprint density at radius 2 is 2.15 bits per heavy atom. The number of aromatic nitrogens is 3.